The van der Waals surface area contributed by atoms with Gasteiger partial charge in [-0.2, -0.15) is 0 Å². The molecule has 26 heavy (non-hydrogen) atoms. The molecule has 2 rings (SSSR count). The van der Waals surface area contributed by atoms with Gasteiger partial charge in [0, 0.05) is 11.8 Å². The highest BCUT2D eigenvalue weighted by Crippen LogP contribution is 2.30. The summed E-state index contributed by atoms with van der Waals surface area (Å²) in [7, 11) is 1.58. The molecule has 0 bridgehead atoms. The van der Waals surface area contributed by atoms with Crippen LogP contribution >= 0.6 is 0 Å². The molecule has 2 aromatic carbocycles. The number of methoxy groups -OCH3 is 1. The Hall–Kier alpha value is -2.95. The molecule has 0 aliphatic heterocycles. The van der Waals surface area contributed by atoms with Crippen molar-refractivity contribution >= 4 is 11.7 Å². The molecule has 0 saturated heterocycles. The normalized spacial score (nSPS) is 11.8. The highest BCUT2D eigenvalue weighted by molar-refractivity contribution is 5.89. The van der Waals surface area contributed by atoms with Gasteiger partial charge in [-0.15, -0.1) is 0 Å². The number of benzene rings is 2. The Morgan fingerprint density at radius 3 is 2.62 bits per heavy atom. The van der Waals surface area contributed by atoms with E-state index in [9.17, 15) is 4.79 Å². The van der Waals surface area contributed by atoms with Crippen LogP contribution in [0.1, 0.15) is 38.3 Å². The molecule has 0 aromatic heterocycles. The lowest BCUT2D eigenvalue weighted by Crippen LogP contribution is -2.31. The zero-order valence-electron chi connectivity index (χ0n) is 15.5. The van der Waals surface area contributed by atoms with Crippen molar-refractivity contribution in [1.29, 1.82) is 0 Å². The summed E-state index contributed by atoms with van der Waals surface area (Å²) in [6.07, 6.45) is 5.59. The average Bonchev–Trinajstić information content (AvgIpc) is 2.66. The van der Waals surface area contributed by atoms with Crippen molar-refractivity contribution in [3.8, 4) is 11.5 Å². The average molecular weight is 354 g/mol. The van der Waals surface area contributed by atoms with E-state index in [0.717, 1.165) is 18.4 Å². The first-order valence-corrected chi connectivity index (χ1v) is 8.76. The molecule has 1 atom stereocenters. The molecule has 0 aliphatic carbocycles. The highest BCUT2D eigenvalue weighted by Gasteiger charge is 2.11. The number of rotatable bonds is 8. The van der Waals surface area contributed by atoms with Crippen LogP contribution in [0.25, 0.3) is 0 Å². The fourth-order valence-corrected chi connectivity index (χ4v) is 2.39. The number of hydrogen-bond donors (Lipinski definition) is 2. The number of carbonyl (C=O) groups is 1. The molecule has 0 spiro atoms. The minimum atomic E-state index is -0.279. The van der Waals surface area contributed by atoms with Gasteiger partial charge in [-0.25, -0.2) is 4.79 Å². The first-order valence-electron chi connectivity index (χ1n) is 8.76. The van der Waals surface area contributed by atoms with E-state index in [-0.39, 0.29) is 12.1 Å². The fourth-order valence-electron chi connectivity index (χ4n) is 2.39. The molecule has 2 amide bonds. The van der Waals surface area contributed by atoms with Gasteiger partial charge in [0.15, 0.2) is 11.5 Å². The van der Waals surface area contributed by atoms with Crippen LogP contribution in [0.5, 0.6) is 11.5 Å². The van der Waals surface area contributed by atoms with E-state index in [4.69, 9.17) is 9.47 Å². The number of ether oxygens (including phenoxy) is 2. The van der Waals surface area contributed by atoms with Crippen molar-refractivity contribution in [3.63, 3.8) is 0 Å². The van der Waals surface area contributed by atoms with Crippen molar-refractivity contribution in [2.45, 2.75) is 32.7 Å². The van der Waals surface area contributed by atoms with Gasteiger partial charge in [-0.3, -0.25) is 0 Å². The highest BCUT2D eigenvalue weighted by atomic mass is 16.5. The predicted molar refractivity (Wildman–Crippen MR) is 105 cm³/mol. The predicted octanol–water partition coefficient (Wildman–Crippen LogP) is 5.27. The zero-order chi connectivity index (χ0) is 18.8. The minimum Gasteiger partial charge on any atom is -0.493 e. The van der Waals surface area contributed by atoms with Crippen LogP contribution in [0.3, 0.4) is 0 Å². The number of amides is 2. The molecule has 138 valence electrons. The molecule has 0 unspecified atom stereocenters. The number of carbonyl (C=O) groups excluding carboxylic acids is 1. The summed E-state index contributed by atoms with van der Waals surface area (Å²) in [6, 6.07) is 14.7. The second-order valence-electron chi connectivity index (χ2n) is 5.87. The van der Waals surface area contributed by atoms with E-state index in [1.54, 1.807) is 31.6 Å². The first kappa shape index (κ1) is 19.4. The number of anilines is 1. The summed E-state index contributed by atoms with van der Waals surface area (Å²) < 4.78 is 10.9. The van der Waals surface area contributed by atoms with E-state index in [0.29, 0.717) is 17.2 Å². The first-order chi connectivity index (χ1) is 12.6. The lowest BCUT2D eigenvalue weighted by atomic mass is 10.1. The smallest absolute Gasteiger partial charge is 0.319 e. The Bertz CT molecular complexity index is 729. The molecule has 2 N–H and O–H groups in total. The number of unbranched alkanes of at least 4 members (excludes halogenated alkanes) is 1. The third kappa shape index (κ3) is 5.84. The number of hydrogen-bond acceptors (Lipinski definition) is 3. The SMILES string of the molecule is CCC/C=C/Oc1cc(NC(=O)N[C@@H](C)c2ccccc2)ccc1OC. The molecule has 0 radical (unpaired) electrons. The fraction of sp³-hybridized carbons (Fsp3) is 0.286. The van der Waals surface area contributed by atoms with E-state index in [2.05, 4.69) is 17.6 Å². The number of allylic oxidation sites excluding steroid dienone is 1. The zero-order valence-corrected chi connectivity index (χ0v) is 15.5. The van der Waals surface area contributed by atoms with Crippen LogP contribution in [-0.4, -0.2) is 13.1 Å². The number of urea groups is 1. The summed E-state index contributed by atoms with van der Waals surface area (Å²) in [6.45, 7) is 4.04. The summed E-state index contributed by atoms with van der Waals surface area (Å²) in [4.78, 5) is 12.3. The standard InChI is InChI=1S/C21H26N2O3/c1-4-5-9-14-26-20-15-18(12-13-19(20)25-3)23-21(24)22-16(2)17-10-7-6-8-11-17/h6-16H,4-5H2,1-3H3,(H2,22,23,24)/b14-9+/t16-/m0/s1. The second-order valence-corrected chi connectivity index (χ2v) is 5.87. The molecule has 5 nitrogen and oxygen atoms in total. The minimum absolute atomic E-state index is 0.0952. The van der Waals surface area contributed by atoms with Crippen molar-refractivity contribution in [2.24, 2.45) is 0 Å². The quantitative estimate of drug-likeness (QED) is 0.635. The van der Waals surface area contributed by atoms with Crippen LogP contribution in [0, 0.1) is 0 Å². The van der Waals surface area contributed by atoms with E-state index >= 15 is 0 Å². The van der Waals surface area contributed by atoms with Gasteiger partial charge >= 0.3 is 6.03 Å². The Morgan fingerprint density at radius 2 is 1.92 bits per heavy atom. The number of nitrogens with one attached hydrogen (secondary N) is 2. The van der Waals surface area contributed by atoms with Crippen LogP contribution in [0.15, 0.2) is 60.9 Å². The van der Waals surface area contributed by atoms with Gasteiger partial charge < -0.3 is 20.1 Å². The van der Waals surface area contributed by atoms with Crippen LogP contribution in [0.2, 0.25) is 0 Å². The maximum absolute atomic E-state index is 12.3. The molecular formula is C21H26N2O3. The second kappa shape index (κ2) is 10.1. The van der Waals surface area contributed by atoms with Crippen molar-refractivity contribution in [2.75, 3.05) is 12.4 Å². The van der Waals surface area contributed by atoms with Crippen LogP contribution in [0.4, 0.5) is 10.5 Å². The summed E-state index contributed by atoms with van der Waals surface area (Å²) >= 11 is 0. The summed E-state index contributed by atoms with van der Waals surface area (Å²) in [5.74, 6) is 1.16. The summed E-state index contributed by atoms with van der Waals surface area (Å²) in [5.41, 5.74) is 1.67. The van der Waals surface area contributed by atoms with Gasteiger partial charge in [0.1, 0.15) is 0 Å². The largest absolute Gasteiger partial charge is 0.493 e. The van der Waals surface area contributed by atoms with Crippen molar-refractivity contribution < 1.29 is 14.3 Å². The third-order valence-electron chi connectivity index (χ3n) is 3.82. The maximum Gasteiger partial charge on any atom is 0.319 e. The van der Waals surface area contributed by atoms with E-state index < -0.39 is 0 Å². The van der Waals surface area contributed by atoms with Gasteiger partial charge in [0.05, 0.1) is 19.4 Å². The van der Waals surface area contributed by atoms with E-state index in [1.165, 1.54) is 0 Å². The van der Waals surface area contributed by atoms with E-state index in [1.807, 2.05) is 43.3 Å². The topological polar surface area (TPSA) is 59.6 Å². The van der Waals surface area contributed by atoms with Crippen molar-refractivity contribution in [1.82, 2.24) is 5.32 Å². The molecule has 0 saturated carbocycles. The van der Waals surface area contributed by atoms with Gasteiger partial charge in [0.2, 0.25) is 0 Å². The molecule has 0 fully saturated rings. The monoisotopic (exact) mass is 354 g/mol. The van der Waals surface area contributed by atoms with Gasteiger partial charge in [-0.1, -0.05) is 43.7 Å². The molecule has 5 heteroatoms. The van der Waals surface area contributed by atoms with Crippen LogP contribution in [-0.2, 0) is 0 Å². The molecular weight excluding hydrogens is 328 g/mol. The molecule has 0 aliphatic rings. The third-order valence-corrected chi connectivity index (χ3v) is 3.82. The Labute approximate surface area is 155 Å². The summed E-state index contributed by atoms with van der Waals surface area (Å²) in [5, 5.41) is 5.74. The lowest BCUT2D eigenvalue weighted by molar-refractivity contribution is 0.249. The van der Waals surface area contributed by atoms with Crippen molar-refractivity contribution in [3.05, 3.63) is 66.4 Å². The Balaban J connectivity index is 2.00. The Kier molecular flexibility index (Phi) is 7.55. The van der Waals surface area contributed by atoms with Gasteiger partial charge in [0.25, 0.3) is 0 Å². The van der Waals surface area contributed by atoms with Gasteiger partial charge in [-0.05, 0) is 37.1 Å². The van der Waals surface area contributed by atoms with Crippen LogP contribution < -0.4 is 20.1 Å². The maximum atomic E-state index is 12.3. The molecule has 0 heterocycles. The lowest BCUT2D eigenvalue weighted by Gasteiger charge is -2.16. The molecule has 2 aromatic rings. The Morgan fingerprint density at radius 1 is 1.15 bits per heavy atom.